The van der Waals surface area contributed by atoms with Crippen molar-refractivity contribution in [2.75, 3.05) is 32.7 Å². The quantitative estimate of drug-likeness (QED) is 0.853. The highest BCUT2D eigenvalue weighted by Crippen LogP contribution is 2.19. The number of nitrogens with zero attached hydrogens (tertiary/aromatic N) is 2. The van der Waals surface area contributed by atoms with E-state index in [4.69, 9.17) is 0 Å². The number of halogens is 1. The molecule has 1 fully saturated rings. The molecule has 1 heterocycles. The molecule has 2 aromatic carbocycles. The molecule has 0 spiro atoms. The Morgan fingerprint density at radius 1 is 0.923 bits per heavy atom. The molecule has 1 unspecified atom stereocenters. The normalized spacial score (nSPS) is 17.6. The molecule has 0 saturated carbocycles. The lowest BCUT2D eigenvalue weighted by atomic mass is 10.0. The average Bonchev–Trinajstić information content (AvgIpc) is 2.64. The zero-order valence-electron chi connectivity index (χ0n) is 15.7. The maximum atomic E-state index is 13.8. The number of hydrogen-bond acceptors (Lipinski definition) is 3. The molecule has 1 atom stereocenters. The lowest BCUT2D eigenvalue weighted by molar-refractivity contribution is 0.0685. The Balaban J connectivity index is 1.47. The summed E-state index contributed by atoms with van der Waals surface area (Å²) in [6, 6.07) is 15.4. The number of benzene rings is 2. The first-order chi connectivity index (χ1) is 12.5. The monoisotopic (exact) mass is 356 g/mol. The van der Waals surface area contributed by atoms with Crippen LogP contribution >= 0.6 is 0 Å². The molecule has 2 aromatic rings. The summed E-state index contributed by atoms with van der Waals surface area (Å²) < 4.78 is 13.8. The first kappa shape index (κ1) is 19.0. The van der Waals surface area contributed by atoms with Gasteiger partial charge in [-0.1, -0.05) is 56.3 Å². The predicted molar refractivity (Wildman–Crippen MR) is 104 cm³/mol. The van der Waals surface area contributed by atoms with Crippen LogP contribution in [-0.2, 0) is 6.54 Å². The van der Waals surface area contributed by atoms with Crippen LogP contribution in [0.15, 0.2) is 48.5 Å². The molecule has 0 aliphatic carbocycles. The van der Waals surface area contributed by atoms with Gasteiger partial charge in [0.25, 0.3) is 0 Å². The van der Waals surface area contributed by atoms with E-state index < -0.39 is 6.10 Å². The maximum absolute atomic E-state index is 13.8. The smallest absolute Gasteiger partial charge is 0.129 e. The number of aliphatic hydroxyl groups excluding tert-OH is 1. The number of aliphatic hydroxyl groups is 1. The minimum absolute atomic E-state index is 0.330. The SMILES string of the molecule is CC(C)c1ccc(CN2CCN(CC(O)c3ccccc3F)CC2)cc1. The molecule has 140 valence electrons. The summed E-state index contributed by atoms with van der Waals surface area (Å²) in [5, 5.41) is 10.3. The highest BCUT2D eigenvalue weighted by Gasteiger charge is 2.21. The predicted octanol–water partition coefficient (Wildman–Crippen LogP) is 3.80. The molecule has 1 aliphatic heterocycles. The number of hydrogen-bond donors (Lipinski definition) is 1. The second-order valence-corrected chi connectivity index (χ2v) is 7.51. The summed E-state index contributed by atoms with van der Waals surface area (Å²) in [4.78, 5) is 4.66. The van der Waals surface area contributed by atoms with Crippen molar-refractivity contribution in [2.45, 2.75) is 32.4 Å². The van der Waals surface area contributed by atoms with Gasteiger partial charge in [0.1, 0.15) is 5.82 Å². The Morgan fingerprint density at radius 3 is 2.15 bits per heavy atom. The summed E-state index contributed by atoms with van der Waals surface area (Å²) >= 11 is 0. The molecule has 0 bridgehead atoms. The minimum atomic E-state index is -0.772. The first-order valence-corrected chi connectivity index (χ1v) is 9.49. The lowest BCUT2D eigenvalue weighted by Crippen LogP contribution is -2.47. The van der Waals surface area contributed by atoms with E-state index in [0.29, 0.717) is 18.0 Å². The van der Waals surface area contributed by atoms with Crippen molar-refractivity contribution in [1.29, 1.82) is 0 Å². The van der Waals surface area contributed by atoms with E-state index in [1.54, 1.807) is 18.2 Å². The zero-order valence-corrected chi connectivity index (χ0v) is 15.7. The highest BCUT2D eigenvalue weighted by atomic mass is 19.1. The number of β-amino-alcohol motifs (C(OH)–C–C–N with tert-alkyl or cyclic N) is 1. The van der Waals surface area contributed by atoms with E-state index in [2.05, 4.69) is 47.9 Å². The van der Waals surface area contributed by atoms with Crippen molar-refractivity contribution in [1.82, 2.24) is 9.80 Å². The third-order valence-corrected chi connectivity index (χ3v) is 5.21. The molecule has 26 heavy (non-hydrogen) atoms. The van der Waals surface area contributed by atoms with E-state index in [1.165, 1.54) is 17.2 Å². The molecule has 1 N–H and O–H groups in total. The molecule has 1 aliphatic rings. The van der Waals surface area contributed by atoms with Gasteiger partial charge in [-0.2, -0.15) is 0 Å². The number of rotatable bonds is 6. The maximum Gasteiger partial charge on any atom is 0.129 e. The fourth-order valence-corrected chi connectivity index (χ4v) is 3.48. The molecule has 3 nitrogen and oxygen atoms in total. The largest absolute Gasteiger partial charge is 0.387 e. The second kappa shape index (κ2) is 8.76. The Hall–Kier alpha value is -1.75. The van der Waals surface area contributed by atoms with Gasteiger partial charge in [0.2, 0.25) is 0 Å². The van der Waals surface area contributed by atoms with Crippen LogP contribution < -0.4 is 0 Å². The van der Waals surface area contributed by atoms with Crippen LogP contribution in [0.2, 0.25) is 0 Å². The Morgan fingerprint density at radius 2 is 1.54 bits per heavy atom. The van der Waals surface area contributed by atoms with Crippen molar-refractivity contribution in [2.24, 2.45) is 0 Å². The topological polar surface area (TPSA) is 26.7 Å². The van der Waals surface area contributed by atoms with Gasteiger partial charge >= 0.3 is 0 Å². The molecule has 1 saturated heterocycles. The molecule has 3 rings (SSSR count). The van der Waals surface area contributed by atoms with E-state index in [-0.39, 0.29) is 5.82 Å². The van der Waals surface area contributed by atoms with Crippen LogP contribution in [0.1, 0.15) is 42.6 Å². The van der Waals surface area contributed by atoms with Gasteiger partial charge in [0.05, 0.1) is 6.10 Å². The molecule has 4 heteroatoms. The minimum Gasteiger partial charge on any atom is -0.387 e. The third-order valence-electron chi connectivity index (χ3n) is 5.21. The summed E-state index contributed by atoms with van der Waals surface area (Å²) in [6.07, 6.45) is -0.772. The Labute approximate surface area is 156 Å². The van der Waals surface area contributed by atoms with E-state index in [9.17, 15) is 9.50 Å². The van der Waals surface area contributed by atoms with Crippen LogP contribution in [0.4, 0.5) is 4.39 Å². The van der Waals surface area contributed by atoms with Crippen molar-refractivity contribution >= 4 is 0 Å². The van der Waals surface area contributed by atoms with Gasteiger partial charge in [-0.3, -0.25) is 9.80 Å². The standard InChI is InChI=1S/C22H29FN2O/c1-17(2)19-9-7-18(8-10-19)15-24-11-13-25(14-12-24)16-22(26)20-5-3-4-6-21(20)23/h3-10,17,22,26H,11-16H2,1-2H3. The second-order valence-electron chi connectivity index (χ2n) is 7.51. The van der Waals surface area contributed by atoms with Gasteiger partial charge in [-0.05, 0) is 23.1 Å². The molecule has 0 aromatic heterocycles. The zero-order chi connectivity index (χ0) is 18.5. The summed E-state index contributed by atoms with van der Waals surface area (Å²) in [5.74, 6) is 0.233. The fourth-order valence-electron chi connectivity index (χ4n) is 3.48. The van der Waals surface area contributed by atoms with Gasteiger partial charge in [0.15, 0.2) is 0 Å². The Bertz CT molecular complexity index is 694. The van der Waals surface area contributed by atoms with Crippen LogP contribution in [0.3, 0.4) is 0 Å². The van der Waals surface area contributed by atoms with Crippen LogP contribution in [0.5, 0.6) is 0 Å². The van der Waals surface area contributed by atoms with Crippen LogP contribution in [-0.4, -0.2) is 47.6 Å². The summed E-state index contributed by atoms with van der Waals surface area (Å²) in [6.45, 7) is 9.60. The first-order valence-electron chi connectivity index (χ1n) is 9.49. The fraction of sp³-hybridized carbons (Fsp3) is 0.455. The van der Waals surface area contributed by atoms with Gasteiger partial charge in [-0.25, -0.2) is 4.39 Å². The molecular weight excluding hydrogens is 327 g/mol. The van der Waals surface area contributed by atoms with Gasteiger partial charge in [0, 0.05) is 44.8 Å². The summed E-state index contributed by atoms with van der Waals surface area (Å²) in [5.41, 5.74) is 3.11. The Kier molecular flexibility index (Phi) is 6.41. The van der Waals surface area contributed by atoms with Crippen molar-refractivity contribution in [3.05, 3.63) is 71.0 Å². The van der Waals surface area contributed by atoms with Crippen LogP contribution in [0.25, 0.3) is 0 Å². The lowest BCUT2D eigenvalue weighted by Gasteiger charge is -2.35. The van der Waals surface area contributed by atoms with Gasteiger partial charge in [-0.15, -0.1) is 0 Å². The van der Waals surface area contributed by atoms with Crippen molar-refractivity contribution < 1.29 is 9.50 Å². The molecule has 0 radical (unpaired) electrons. The molecular formula is C22H29FN2O. The summed E-state index contributed by atoms with van der Waals surface area (Å²) in [7, 11) is 0. The average molecular weight is 356 g/mol. The highest BCUT2D eigenvalue weighted by molar-refractivity contribution is 5.24. The molecule has 0 amide bonds. The van der Waals surface area contributed by atoms with Gasteiger partial charge < -0.3 is 5.11 Å². The van der Waals surface area contributed by atoms with E-state index in [0.717, 1.165) is 32.7 Å². The van der Waals surface area contributed by atoms with Crippen molar-refractivity contribution in [3.8, 4) is 0 Å². The van der Waals surface area contributed by atoms with E-state index >= 15 is 0 Å². The third kappa shape index (κ3) is 4.91. The number of piperazine rings is 1. The van der Waals surface area contributed by atoms with Crippen molar-refractivity contribution in [3.63, 3.8) is 0 Å². The van der Waals surface area contributed by atoms with Crippen LogP contribution in [0, 0.1) is 5.82 Å². The van der Waals surface area contributed by atoms with E-state index in [1.807, 2.05) is 0 Å².